The number of hydrogen-bond donors (Lipinski definition) is 1. The van der Waals surface area contributed by atoms with Gasteiger partial charge in [-0.3, -0.25) is 14.9 Å². The number of aromatic amines is 1. The molecule has 1 heterocycles. The van der Waals surface area contributed by atoms with E-state index in [1.165, 1.54) is 41.4 Å². The summed E-state index contributed by atoms with van der Waals surface area (Å²) in [5.74, 6) is -0.667. The van der Waals surface area contributed by atoms with E-state index in [0.29, 0.717) is 5.69 Å². The van der Waals surface area contributed by atoms with Gasteiger partial charge in [-0.05, 0) is 24.3 Å². The van der Waals surface area contributed by atoms with Crippen molar-refractivity contribution in [2.24, 2.45) is 0 Å². The molecule has 1 aromatic heterocycles. The van der Waals surface area contributed by atoms with E-state index in [9.17, 15) is 19.3 Å². The van der Waals surface area contributed by atoms with Crippen LogP contribution >= 0.6 is 0 Å². The largest absolute Gasteiger partial charge is 0.357 e. The molecule has 0 saturated carbocycles. The average Bonchev–Trinajstić information content (AvgIpc) is 2.47. The number of benzene rings is 1. The monoisotopic (exact) mass is 305 g/mol. The molecule has 22 heavy (non-hydrogen) atoms. The molecule has 0 bridgehead atoms. The van der Waals surface area contributed by atoms with Crippen LogP contribution in [0.4, 0.5) is 21.6 Å². The van der Waals surface area contributed by atoms with Gasteiger partial charge >= 0.3 is 11.5 Å². The Balaban J connectivity index is 2.07. The normalized spacial score (nSPS) is 10.1. The molecule has 0 atom stereocenters. The number of H-pyrrole nitrogens is 1. The van der Waals surface area contributed by atoms with Gasteiger partial charge < -0.3 is 5.32 Å². The molecule has 2 N–H and O–H groups in total. The zero-order valence-corrected chi connectivity index (χ0v) is 11.7. The number of amides is 1. The molecule has 0 fully saturated rings. The van der Waals surface area contributed by atoms with Crippen LogP contribution in [0.25, 0.3) is 0 Å². The Bertz CT molecular complexity index is 708. The predicted octanol–water partition coefficient (Wildman–Crippen LogP) is 1.62. The van der Waals surface area contributed by atoms with Crippen molar-refractivity contribution in [3.05, 3.63) is 58.5 Å². The van der Waals surface area contributed by atoms with Gasteiger partial charge in [0.2, 0.25) is 0 Å². The molecule has 0 spiro atoms. The Kier molecular flexibility index (Phi) is 4.62. The molecular weight excluding hydrogens is 291 g/mol. The molecule has 0 aliphatic rings. The summed E-state index contributed by atoms with van der Waals surface area (Å²) in [6.45, 7) is -0.127. The number of nitro groups is 1. The van der Waals surface area contributed by atoms with Crippen LogP contribution in [0.3, 0.4) is 0 Å². The van der Waals surface area contributed by atoms with Crippen LogP contribution < -0.4 is 15.2 Å². The van der Waals surface area contributed by atoms with Crippen molar-refractivity contribution in [1.82, 2.24) is 0 Å². The van der Waals surface area contributed by atoms with Crippen molar-refractivity contribution in [3.8, 4) is 0 Å². The van der Waals surface area contributed by atoms with Crippen molar-refractivity contribution in [2.45, 2.75) is 0 Å². The Morgan fingerprint density at radius 3 is 2.86 bits per heavy atom. The number of halogens is 1. The summed E-state index contributed by atoms with van der Waals surface area (Å²) in [6.07, 6.45) is 1.53. The third-order valence-corrected chi connectivity index (χ3v) is 2.88. The highest BCUT2D eigenvalue weighted by molar-refractivity contribution is 5.94. The van der Waals surface area contributed by atoms with E-state index < -0.39 is 16.6 Å². The smallest absolute Gasteiger partial charge is 0.323 e. The molecule has 0 aliphatic carbocycles. The Morgan fingerprint density at radius 1 is 1.41 bits per heavy atom. The van der Waals surface area contributed by atoms with Crippen LogP contribution in [-0.2, 0) is 4.79 Å². The van der Waals surface area contributed by atoms with E-state index in [0.717, 1.165) is 0 Å². The lowest BCUT2D eigenvalue weighted by atomic mass is 10.3. The highest BCUT2D eigenvalue weighted by atomic mass is 19.1. The molecule has 2 rings (SSSR count). The summed E-state index contributed by atoms with van der Waals surface area (Å²) in [5.41, 5.74) is 0.188. The first-order valence-corrected chi connectivity index (χ1v) is 6.39. The zero-order chi connectivity index (χ0) is 16.1. The van der Waals surface area contributed by atoms with Crippen molar-refractivity contribution >= 4 is 23.1 Å². The minimum absolute atomic E-state index is 0.127. The number of hydrogen-bond acceptors (Lipinski definition) is 4. The topological polar surface area (TPSA) is 89.6 Å². The van der Waals surface area contributed by atoms with E-state index in [4.69, 9.17) is 0 Å². The van der Waals surface area contributed by atoms with Gasteiger partial charge in [-0.2, -0.15) is 0 Å². The summed E-state index contributed by atoms with van der Waals surface area (Å²) in [6, 6.07) is 8.33. The number of nitrogens with zero attached hydrogens (tertiary/aromatic N) is 2. The minimum Gasteiger partial charge on any atom is -0.323 e. The highest BCUT2D eigenvalue weighted by Crippen LogP contribution is 2.20. The molecular formula is C14H14FN4O3+. The Hall–Kier alpha value is -3.03. The van der Waals surface area contributed by atoms with Crippen LogP contribution in [0.15, 0.2) is 42.6 Å². The van der Waals surface area contributed by atoms with Gasteiger partial charge in [0.15, 0.2) is 6.54 Å². The molecule has 2 aromatic rings. The van der Waals surface area contributed by atoms with Gasteiger partial charge in [0.1, 0.15) is 5.82 Å². The quantitative estimate of drug-likeness (QED) is 0.671. The zero-order valence-electron chi connectivity index (χ0n) is 11.7. The molecule has 0 aliphatic heterocycles. The fourth-order valence-corrected chi connectivity index (χ4v) is 1.93. The molecule has 1 amide bonds. The second kappa shape index (κ2) is 6.61. The maximum absolute atomic E-state index is 13.0. The third-order valence-electron chi connectivity index (χ3n) is 2.88. The number of carbonyl (C=O) groups excluding carboxylic acids is 1. The number of carbonyl (C=O) groups is 1. The van der Waals surface area contributed by atoms with E-state index in [1.54, 1.807) is 13.1 Å². The minimum atomic E-state index is -0.535. The van der Waals surface area contributed by atoms with Gasteiger partial charge in [-0.1, -0.05) is 6.07 Å². The standard InChI is InChI=1S/C14H13FN4O3/c1-18(14-12(19(21)22)6-3-7-16-14)9-13(20)17-11-5-2-4-10(15)8-11/h2-8H,9H2,1H3,(H,17,20)/p+1. The van der Waals surface area contributed by atoms with Crippen molar-refractivity contribution in [1.29, 1.82) is 0 Å². The molecule has 0 radical (unpaired) electrons. The second-order valence-corrected chi connectivity index (χ2v) is 4.58. The van der Waals surface area contributed by atoms with Crippen LogP contribution in [0.5, 0.6) is 0 Å². The van der Waals surface area contributed by atoms with Gasteiger partial charge in [0.05, 0.1) is 18.2 Å². The molecule has 0 unspecified atom stereocenters. The lowest BCUT2D eigenvalue weighted by molar-refractivity contribution is -0.411. The maximum atomic E-state index is 13.0. The summed E-state index contributed by atoms with van der Waals surface area (Å²) in [5, 5.41) is 13.5. The van der Waals surface area contributed by atoms with Crippen molar-refractivity contribution in [3.63, 3.8) is 0 Å². The number of anilines is 2. The fourth-order valence-electron chi connectivity index (χ4n) is 1.93. The van der Waals surface area contributed by atoms with E-state index in [2.05, 4.69) is 10.3 Å². The SMILES string of the molecule is CN(CC(=O)Nc1cccc(F)c1)c1[nH+]cccc1[N+](=O)[O-]. The highest BCUT2D eigenvalue weighted by Gasteiger charge is 2.26. The van der Waals surface area contributed by atoms with Gasteiger partial charge in [0.25, 0.3) is 5.91 Å². The first-order valence-electron chi connectivity index (χ1n) is 6.39. The third kappa shape index (κ3) is 3.75. The maximum Gasteiger partial charge on any atom is 0.357 e. The molecule has 7 nitrogen and oxygen atoms in total. The van der Waals surface area contributed by atoms with Gasteiger partial charge in [-0.25, -0.2) is 14.3 Å². The summed E-state index contributed by atoms with van der Waals surface area (Å²) in [4.78, 5) is 26.5. The van der Waals surface area contributed by atoms with Gasteiger partial charge in [-0.15, -0.1) is 0 Å². The number of pyridine rings is 1. The second-order valence-electron chi connectivity index (χ2n) is 4.58. The first kappa shape index (κ1) is 15.4. The Labute approximate surface area is 125 Å². The number of aromatic nitrogens is 1. The summed E-state index contributed by atoms with van der Waals surface area (Å²) >= 11 is 0. The lowest BCUT2D eigenvalue weighted by Crippen LogP contribution is -2.34. The Morgan fingerprint density at radius 2 is 2.18 bits per heavy atom. The number of likely N-dealkylation sites (N-methyl/N-ethyl adjacent to an activating group) is 1. The average molecular weight is 305 g/mol. The molecule has 0 saturated heterocycles. The van der Waals surface area contributed by atoms with Crippen LogP contribution in [0.2, 0.25) is 0 Å². The lowest BCUT2D eigenvalue weighted by Gasteiger charge is -2.11. The summed E-state index contributed by atoms with van der Waals surface area (Å²) < 4.78 is 13.0. The number of rotatable bonds is 5. The fraction of sp³-hybridized carbons (Fsp3) is 0.143. The van der Waals surface area contributed by atoms with E-state index >= 15 is 0 Å². The van der Waals surface area contributed by atoms with Crippen LogP contribution in [0.1, 0.15) is 0 Å². The molecule has 114 valence electrons. The first-order chi connectivity index (χ1) is 10.5. The predicted molar refractivity (Wildman–Crippen MR) is 78.0 cm³/mol. The van der Waals surface area contributed by atoms with Crippen molar-refractivity contribution in [2.75, 3.05) is 23.8 Å². The molecule has 8 heteroatoms. The van der Waals surface area contributed by atoms with E-state index in [1.807, 2.05) is 0 Å². The van der Waals surface area contributed by atoms with Gasteiger partial charge in [0, 0.05) is 11.8 Å². The number of nitrogens with one attached hydrogen (secondary N) is 2. The van der Waals surface area contributed by atoms with Crippen LogP contribution in [0, 0.1) is 15.9 Å². The van der Waals surface area contributed by atoms with Crippen LogP contribution in [-0.4, -0.2) is 24.4 Å². The van der Waals surface area contributed by atoms with E-state index in [-0.39, 0.29) is 18.1 Å². The molecule has 1 aromatic carbocycles. The summed E-state index contributed by atoms with van der Waals surface area (Å²) in [7, 11) is 1.55. The van der Waals surface area contributed by atoms with Crippen molar-refractivity contribution < 1.29 is 19.1 Å².